The average molecular weight is 285 g/mol. The largest absolute Gasteiger partial charge is 0.497 e. The van der Waals surface area contributed by atoms with Crippen LogP contribution in [-0.2, 0) is 16.7 Å². The summed E-state index contributed by atoms with van der Waals surface area (Å²) in [6, 6.07) is 6.63. The van der Waals surface area contributed by atoms with Gasteiger partial charge in [-0.25, -0.2) is 0 Å². The van der Waals surface area contributed by atoms with Crippen molar-refractivity contribution in [1.29, 1.82) is 0 Å². The van der Waals surface area contributed by atoms with Gasteiger partial charge < -0.3 is 9.47 Å². The van der Waals surface area contributed by atoms with Crippen LogP contribution in [-0.4, -0.2) is 38.3 Å². The molecule has 1 aliphatic carbocycles. The average Bonchev–Trinajstić information content (AvgIpc) is 2.93. The van der Waals surface area contributed by atoms with Crippen molar-refractivity contribution >= 4 is 0 Å². The van der Waals surface area contributed by atoms with Gasteiger partial charge in [0.25, 0.3) is 0 Å². The third-order valence-corrected chi connectivity index (χ3v) is 5.70. The predicted molar refractivity (Wildman–Crippen MR) is 82.6 cm³/mol. The standard InChI is InChI=1S/C18H23NO2/c1-20-15-5-3-13-7-9-19-10-8-14-4-6-16(21-2)12-18(14,19)17(13)11-15/h3-6,11,14,16H,7-10,12H2,1-2H3. The quantitative estimate of drug-likeness (QED) is 0.780. The summed E-state index contributed by atoms with van der Waals surface area (Å²) in [6.45, 7) is 2.36. The zero-order valence-electron chi connectivity index (χ0n) is 12.8. The summed E-state index contributed by atoms with van der Waals surface area (Å²) in [4.78, 5) is 2.69. The Hall–Kier alpha value is -1.32. The van der Waals surface area contributed by atoms with Crippen LogP contribution in [0.25, 0.3) is 0 Å². The Morgan fingerprint density at radius 2 is 2.10 bits per heavy atom. The van der Waals surface area contributed by atoms with Crippen LogP contribution < -0.4 is 4.74 Å². The minimum atomic E-state index is 0.123. The molecule has 112 valence electrons. The topological polar surface area (TPSA) is 21.7 Å². The molecule has 1 saturated heterocycles. The van der Waals surface area contributed by atoms with Crippen LogP contribution >= 0.6 is 0 Å². The lowest BCUT2D eigenvalue weighted by molar-refractivity contribution is 0.0204. The van der Waals surface area contributed by atoms with Gasteiger partial charge >= 0.3 is 0 Å². The Labute approximate surface area is 126 Å². The van der Waals surface area contributed by atoms with Crippen LogP contribution in [0.3, 0.4) is 0 Å². The Morgan fingerprint density at radius 3 is 2.90 bits per heavy atom. The SMILES string of the molecule is COc1ccc2c(c1)C13CC(OC)C=CC1CCN3CC2. The maximum atomic E-state index is 5.67. The molecule has 1 spiro atoms. The van der Waals surface area contributed by atoms with Gasteiger partial charge in [0.05, 0.1) is 18.8 Å². The molecule has 2 heterocycles. The molecule has 3 aliphatic rings. The fourth-order valence-corrected chi connectivity index (χ4v) is 4.65. The van der Waals surface area contributed by atoms with Crippen LogP contribution in [0.5, 0.6) is 5.75 Å². The van der Waals surface area contributed by atoms with E-state index < -0.39 is 0 Å². The van der Waals surface area contributed by atoms with Crippen molar-refractivity contribution in [3.63, 3.8) is 0 Å². The number of rotatable bonds is 2. The molecular formula is C18H23NO2. The summed E-state index contributed by atoms with van der Waals surface area (Å²) in [5.41, 5.74) is 3.09. The first-order valence-electron chi connectivity index (χ1n) is 7.91. The van der Waals surface area contributed by atoms with E-state index in [9.17, 15) is 0 Å². The van der Waals surface area contributed by atoms with Crippen molar-refractivity contribution in [2.24, 2.45) is 5.92 Å². The second-order valence-electron chi connectivity index (χ2n) is 6.44. The zero-order valence-corrected chi connectivity index (χ0v) is 12.8. The van der Waals surface area contributed by atoms with Gasteiger partial charge in [-0.1, -0.05) is 18.2 Å². The Kier molecular flexibility index (Phi) is 3.09. The third kappa shape index (κ3) is 1.80. The maximum absolute atomic E-state index is 5.67. The van der Waals surface area contributed by atoms with Gasteiger partial charge in [-0.2, -0.15) is 0 Å². The molecule has 0 amide bonds. The summed E-state index contributed by atoms with van der Waals surface area (Å²) in [5, 5.41) is 0. The molecule has 1 aromatic carbocycles. The first-order chi connectivity index (χ1) is 10.3. The first kappa shape index (κ1) is 13.4. The number of fused-ring (bicyclic) bond motifs is 1. The highest BCUT2D eigenvalue weighted by Gasteiger charge is 2.53. The molecule has 3 nitrogen and oxygen atoms in total. The van der Waals surface area contributed by atoms with Crippen LogP contribution in [0.15, 0.2) is 30.4 Å². The highest BCUT2D eigenvalue weighted by Crippen LogP contribution is 2.53. The maximum Gasteiger partial charge on any atom is 0.119 e. The van der Waals surface area contributed by atoms with Crippen molar-refractivity contribution in [2.45, 2.75) is 30.9 Å². The Bertz CT molecular complexity index is 583. The van der Waals surface area contributed by atoms with Crippen molar-refractivity contribution < 1.29 is 9.47 Å². The van der Waals surface area contributed by atoms with E-state index in [-0.39, 0.29) is 11.6 Å². The first-order valence-corrected chi connectivity index (χ1v) is 7.91. The smallest absolute Gasteiger partial charge is 0.119 e. The molecule has 1 fully saturated rings. The summed E-state index contributed by atoms with van der Waals surface area (Å²) >= 11 is 0. The molecule has 2 aliphatic heterocycles. The van der Waals surface area contributed by atoms with E-state index >= 15 is 0 Å². The molecule has 3 heteroatoms. The van der Waals surface area contributed by atoms with Gasteiger partial charge in [-0.3, -0.25) is 4.90 Å². The highest BCUT2D eigenvalue weighted by molar-refractivity contribution is 5.45. The lowest BCUT2D eigenvalue weighted by Crippen LogP contribution is -2.52. The molecule has 1 aromatic rings. The van der Waals surface area contributed by atoms with Gasteiger partial charge in [0, 0.05) is 26.0 Å². The van der Waals surface area contributed by atoms with Gasteiger partial charge in [0.15, 0.2) is 0 Å². The van der Waals surface area contributed by atoms with Crippen LogP contribution in [0.2, 0.25) is 0 Å². The fraction of sp³-hybridized carbons (Fsp3) is 0.556. The normalized spacial score (nSPS) is 34.2. The lowest BCUT2D eigenvalue weighted by Gasteiger charge is -2.49. The van der Waals surface area contributed by atoms with E-state index in [0.717, 1.165) is 18.6 Å². The zero-order chi connectivity index (χ0) is 14.4. The highest BCUT2D eigenvalue weighted by atomic mass is 16.5. The van der Waals surface area contributed by atoms with Crippen molar-refractivity contribution in [1.82, 2.24) is 4.90 Å². The van der Waals surface area contributed by atoms with E-state index in [1.165, 1.54) is 30.6 Å². The summed E-state index contributed by atoms with van der Waals surface area (Å²) in [5.74, 6) is 1.58. The number of hydrogen-bond donors (Lipinski definition) is 0. The molecule has 0 saturated carbocycles. The van der Waals surface area contributed by atoms with E-state index in [2.05, 4.69) is 35.3 Å². The Balaban J connectivity index is 1.88. The minimum Gasteiger partial charge on any atom is -0.497 e. The van der Waals surface area contributed by atoms with E-state index in [0.29, 0.717) is 5.92 Å². The number of benzene rings is 1. The van der Waals surface area contributed by atoms with Gasteiger partial charge in [0.2, 0.25) is 0 Å². The van der Waals surface area contributed by atoms with Gasteiger partial charge in [0.1, 0.15) is 5.75 Å². The number of hydrogen-bond acceptors (Lipinski definition) is 3. The molecule has 0 aromatic heterocycles. The fourth-order valence-electron chi connectivity index (χ4n) is 4.65. The van der Waals surface area contributed by atoms with E-state index in [1.54, 1.807) is 7.11 Å². The van der Waals surface area contributed by atoms with E-state index in [1.807, 2.05) is 7.11 Å². The molecule has 0 bridgehead atoms. The summed E-state index contributed by atoms with van der Waals surface area (Å²) in [7, 11) is 3.57. The monoisotopic (exact) mass is 285 g/mol. The van der Waals surface area contributed by atoms with E-state index in [4.69, 9.17) is 9.47 Å². The van der Waals surface area contributed by atoms with Gasteiger partial charge in [-0.05, 0) is 42.6 Å². The van der Waals surface area contributed by atoms with Gasteiger partial charge in [-0.15, -0.1) is 0 Å². The molecule has 4 rings (SSSR count). The van der Waals surface area contributed by atoms with Crippen LogP contribution in [0.1, 0.15) is 24.0 Å². The van der Waals surface area contributed by atoms with Crippen LogP contribution in [0, 0.1) is 5.92 Å². The van der Waals surface area contributed by atoms with Crippen molar-refractivity contribution in [2.75, 3.05) is 27.3 Å². The third-order valence-electron chi connectivity index (χ3n) is 5.70. The minimum absolute atomic E-state index is 0.123. The number of nitrogens with zero attached hydrogens (tertiary/aromatic N) is 1. The number of methoxy groups -OCH3 is 2. The number of ether oxygens (including phenoxy) is 2. The Morgan fingerprint density at radius 1 is 1.19 bits per heavy atom. The molecule has 3 unspecified atom stereocenters. The summed E-state index contributed by atoms with van der Waals surface area (Å²) in [6.07, 6.45) is 8.34. The van der Waals surface area contributed by atoms with Crippen molar-refractivity contribution in [3.05, 3.63) is 41.5 Å². The lowest BCUT2D eigenvalue weighted by atomic mass is 9.68. The summed E-state index contributed by atoms with van der Waals surface area (Å²) < 4.78 is 11.2. The molecule has 0 N–H and O–H groups in total. The molecular weight excluding hydrogens is 262 g/mol. The molecule has 3 atom stereocenters. The molecule has 21 heavy (non-hydrogen) atoms. The second-order valence-corrected chi connectivity index (χ2v) is 6.44. The van der Waals surface area contributed by atoms with Crippen molar-refractivity contribution in [3.8, 4) is 5.75 Å². The van der Waals surface area contributed by atoms with Crippen LogP contribution in [0.4, 0.5) is 0 Å². The molecule has 0 radical (unpaired) electrons. The predicted octanol–water partition coefficient (Wildman–Crippen LogP) is 2.74. The second kappa shape index (κ2) is 4.85.